The molecule has 0 unspecified atom stereocenters. The van der Waals surface area contributed by atoms with E-state index in [1.165, 1.54) is 16.9 Å². The lowest BCUT2D eigenvalue weighted by molar-refractivity contribution is -0.145. The number of esters is 1. The second-order valence-corrected chi connectivity index (χ2v) is 9.36. The Morgan fingerprint density at radius 1 is 1.06 bits per heavy atom. The van der Waals surface area contributed by atoms with Crippen molar-refractivity contribution in [3.63, 3.8) is 0 Å². The van der Waals surface area contributed by atoms with Crippen molar-refractivity contribution < 1.29 is 18.7 Å². The zero-order valence-corrected chi connectivity index (χ0v) is 20.8. The molecule has 35 heavy (non-hydrogen) atoms. The number of hydrogen-bond donors (Lipinski definition) is 1. The summed E-state index contributed by atoms with van der Waals surface area (Å²) in [5, 5.41) is 5.40. The molecule has 2 heterocycles. The van der Waals surface area contributed by atoms with Crippen LogP contribution in [-0.2, 0) is 33.8 Å². The third kappa shape index (κ3) is 6.86. The summed E-state index contributed by atoms with van der Waals surface area (Å²) in [6, 6.07) is 13.9. The van der Waals surface area contributed by atoms with Gasteiger partial charge in [0.2, 0.25) is 5.91 Å². The van der Waals surface area contributed by atoms with Crippen LogP contribution in [0.4, 0.5) is 5.69 Å². The van der Waals surface area contributed by atoms with Crippen molar-refractivity contribution in [3.8, 4) is 11.3 Å². The molecular formula is C27H27N3O4S. The fraction of sp³-hybridized carbons (Fsp3) is 0.259. The van der Waals surface area contributed by atoms with Crippen LogP contribution in [0.1, 0.15) is 39.7 Å². The lowest BCUT2D eigenvalue weighted by Crippen LogP contribution is -2.15. The van der Waals surface area contributed by atoms with Crippen LogP contribution >= 0.6 is 11.3 Å². The van der Waals surface area contributed by atoms with Gasteiger partial charge in [0.25, 0.3) is 0 Å². The Balaban J connectivity index is 1.21. The summed E-state index contributed by atoms with van der Waals surface area (Å²) in [7, 11) is 0. The molecule has 0 atom stereocenters. The number of rotatable bonds is 9. The van der Waals surface area contributed by atoms with Crippen molar-refractivity contribution in [2.24, 2.45) is 0 Å². The molecule has 0 aliphatic carbocycles. The van der Waals surface area contributed by atoms with Crippen molar-refractivity contribution in [1.82, 2.24) is 9.97 Å². The Morgan fingerprint density at radius 2 is 1.83 bits per heavy atom. The van der Waals surface area contributed by atoms with E-state index in [9.17, 15) is 9.59 Å². The molecule has 8 heteroatoms. The summed E-state index contributed by atoms with van der Waals surface area (Å²) in [5.41, 5.74) is 5.63. The van der Waals surface area contributed by atoms with E-state index in [0.717, 1.165) is 22.4 Å². The molecule has 4 rings (SSSR count). The monoisotopic (exact) mass is 489 g/mol. The van der Waals surface area contributed by atoms with E-state index in [2.05, 4.69) is 15.3 Å². The lowest BCUT2D eigenvalue weighted by Gasteiger charge is -2.08. The molecule has 2 aromatic heterocycles. The molecule has 0 saturated carbocycles. The van der Waals surface area contributed by atoms with Gasteiger partial charge >= 0.3 is 5.97 Å². The maximum atomic E-state index is 12.4. The van der Waals surface area contributed by atoms with Crippen molar-refractivity contribution >= 4 is 28.9 Å². The van der Waals surface area contributed by atoms with Crippen LogP contribution in [-0.4, -0.2) is 21.8 Å². The largest absolute Gasteiger partial charge is 0.459 e. The summed E-state index contributed by atoms with van der Waals surface area (Å²) in [5.74, 6) is 0.670. The Kier molecular flexibility index (Phi) is 7.72. The minimum Gasteiger partial charge on any atom is -0.459 e. The van der Waals surface area contributed by atoms with E-state index < -0.39 is 0 Å². The first-order valence-electron chi connectivity index (χ1n) is 11.3. The molecule has 4 aromatic rings. The summed E-state index contributed by atoms with van der Waals surface area (Å²) < 4.78 is 11.1. The minimum atomic E-state index is -0.359. The number of nitrogens with one attached hydrogen (secondary N) is 1. The van der Waals surface area contributed by atoms with E-state index in [4.69, 9.17) is 9.15 Å². The van der Waals surface area contributed by atoms with Crippen molar-refractivity contribution in [1.29, 1.82) is 0 Å². The zero-order chi connectivity index (χ0) is 24.8. The number of oxazole rings is 1. The second kappa shape index (κ2) is 11.1. The van der Waals surface area contributed by atoms with Gasteiger partial charge in [-0.25, -0.2) is 9.97 Å². The van der Waals surface area contributed by atoms with Crippen LogP contribution in [0.5, 0.6) is 0 Å². The Hall–Kier alpha value is -3.78. The number of ether oxygens (including phenoxy) is 1. The normalized spacial score (nSPS) is 10.8. The van der Waals surface area contributed by atoms with Crippen LogP contribution in [0.25, 0.3) is 11.3 Å². The Bertz CT molecular complexity index is 1320. The first-order valence-corrected chi connectivity index (χ1v) is 12.2. The Labute approximate surface area is 208 Å². The highest BCUT2D eigenvalue weighted by Gasteiger charge is 2.13. The lowest BCUT2D eigenvalue weighted by atomic mass is 10.1. The molecule has 1 N–H and O–H groups in total. The predicted molar refractivity (Wildman–Crippen MR) is 135 cm³/mol. The van der Waals surface area contributed by atoms with Crippen molar-refractivity contribution in [2.75, 3.05) is 5.32 Å². The molecule has 0 bridgehead atoms. The smallest absolute Gasteiger partial charge is 0.306 e. The number of anilines is 1. The topological polar surface area (TPSA) is 94.3 Å². The average Bonchev–Trinajstić information content (AvgIpc) is 3.49. The van der Waals surface area contributed by atoms with Gasteiger partial charge in [0.15, 0.2) is 11.7 Å². The van der Waals surface area contributed by atoms with Crippen LogP contribution in [0, 0.1) is 20.8 Å². The van der Waals surface area contributed by atoms with Gasteiger partial charge in [-0.2, -0.15) is 0 Å². The number of aromatic nitrogens is 2. The molecule has 0 saturated heterocycles. The number of nitrogens with zero attached hydrogens (tertiary/aromatic N) is 2. The van der Waals surface area contributed by atoms with Crippen LogP contribution in [0.2, 0.25) is 0 Å². The number of carbonyl (C=O) groups excluding carboxylic acids is 2. The maximum Gasteiger partial charge on any atom is 0.306 e. The highest BCUT2D eigenvalue weighted by atomic mass is 32.1. The fourth-order valence-electron chi connectivity index (χ4n) is 3.41. The quantitative estimate of drug-likeness (QED) is 0.309. The summed E-state index contributed by atoms with van der Waals surface area (Å²) in [6.45, 7) is 6.03. The standard InChI is InChI=1S/C27H27N3O4S/c1-17-5-8-20(9-6-17)23-14-28-25(34-23)10-11-27(32)33-15-21-16-35-26(29-21)13-24(31)30-22-12-18(2)4-7-19(22)3/h4-9,12,14,16H,10-11,13,15H2,1-3H3,(H,30,31). The van der Waals surface area contributed by atoms with Crippen molar-refractivity contribution in [3.05, 3.63) is 87.3 Å². The molecule has 2 aromatic carbocycles. The number of benzene rings is 2. The fourth-order valence-corrected chi connectivity index (χ4v) is 4.19. The molecule has 1 amide bonds. The zero-order valence-electron chi connectivity index (χ0n) is 20.0. The molecule has 0 aliphatic rings. The van der Waals surface area contributed by atoms with E-state index in [1.807, 2.05) is 63.2 Å². The van der Waals surface area contributed by atoms with Gasteiger partial charge in [-0.3, -0.25) is 9.59 Å². The number of aryl methyl sites for hydroxylation is 4. The van der Waals surface area contributed by atoms with Gasteiger partial charge in [-0.15, -0.1) is 11.3 Å². The van der Waals surface area contributed by atoms with Gasteiger partial charge in [0.05, 0.1) is 24.7 Å². The minimum absolute atomic E-state index is 0.0636. The molecule has 0 fully saturated rings. The van der Waals surface area contributed by atoms with E-state index in [-0.39, 0.29) is 31.3 Å². The summed E-state index contributed by atoms with van der Waals surface area (Å²) >= 11 is 1.37. The van der Waals surface area contributed by atoms with Gasteiger partial charge in [0, 0.05) is 23.1 Å². The van der Waals surface area contributed by atoms with Gasteiger partial charge in [-0.1, -0.05) is 42.0 Å². The summed E-state index contributed by atoms with van der Waals surface area (Å²) in [6.07, 6.45) is 2.34. The van der Waals surface area contributed by atoms with Crippen molar-refractivity contribution in [2.45, 2.75) is 46.6 Å². The SMILES string of the molecule is Cc1ccc(-c2cnc(CCC(=O)OCc3csc(CC(=O)Nc4cc(C)ccc4C)n3)o2)cc1. The Morgan fingerprint density at radius 3 is 2.63 bits per heavy atom. The third-order valence-corrected chi connectivity index (χ3v) is 6.29. The average molecular weight is 490 g/mol. The van der Waals surface area contributed by atoms with Crippen LogP contribution in [0.3, 0.4) is 0 Å². The molecule has 180 valence electrons. The van der Waals surface area contributed by atoms with Gasteiger partial charge in [0.1, 0.15) is 11.6 Å². The van der Waals surface area contributed by atoms with E-state index in [0.29, 0.717) is 28.8 Å². The number of carbonyl (C=O) groups is 2. The number of thiazole rings is 1. The molecule has 0 spiro atoms. The highest BCUT2D eigenvalue weighted by Crippen LogP contribution is 2.22. The second-order valence-electron chi connectivity index (χ2n) is 8.42. The van der Waals surface area contributed by atoms with E-state index >= 15 is 0 Å². The van der Waals surface area contributed by atoms with Gasteiger partial charge in [-0.05, 0) is 38.0 Å². The molecule has 0 aliphatic heterocycles. The van der Waals surface area contributed by atoms with Crippen LogP contribution in [0.15, 0.2) is 58.5 Å². The first-order chi connectivity index (χ1) is 16.9. The third-order valence-electron chi connectivity index (χ3n) is 5.39. The summed E-state index contributed by atoms with van der Waals surface area (Å²) in [4.78, 5) is 33.2. The highest BCUT2D eigenvalue weighted by molar-refractivity contribution is 7.09. The molecule has 7 nitrogen and oxygen atoms in total. The molecule has 0 radical (unpaired) electrons. The van der Waals surface area contributed by atoms with E-state index in [1.54, 1.807) is 11.6 Å². The predicted octanol–water partition coefficient (Wildman–Crippen LogP) is 5.58. The van der Waals surface area contributed by atoms with Gasteiger partial charge < -0.3 is 14.5 Å². The molecular weight excluding hydrogens is 462 g/mol. The first kappa shape index (κ1) is 24.3. The number of amides is 1. The maximum absolute atomic E-state index is 12.4. The van der Waals surface area contributed by atoms with Crippen LogP contribution < -0.4 is 5.32 Å². The number of hydrogen-bond acceptors (Lipinski definition) is 7.